The van der Waals surface area contributed by atoms with Crippen LogP contribution in [0.15, 0.2) is 28.8 Å². The van der Waals surface area contributed by atoms with E-state index >= 15 is 0 Å². The highest BCUT2D eigenvalue weighted by Crippen LogP contribution is 2.76. The number of aliphatic imine (C=N–C) groups is 1. The number of amidine groups is 1. The lowest BCUT2D eigenvalue weighted by molar-refractivity contribution is -0.240. The van der Waals surface area contributed by atoms with Gasteiger partial charge in [0.1, 0.15) is 5.84 Å². The summed E-state index contributed by atoms with van der Waals surface area (Å²) < 4.78 is 7.34. The molecule has 14 atom stereocenters. The van der Waals surface area contributed by atoms with Crippen molar-refractivity contribution in [3.63, 3.8) is 0 Å². The van der Waals surface area contributed by atoms with Crippen molar-refractivity contribution in [2.75, 3.05) is 0 Å². The summed E-state index contributed by atoms with van der Waals surface area (Å²) in [7, 11) is 0. The van der Waals surface area contributed by atoms with Crippen LogP contribution >= 0.6 is 0 Å². The molecule has 8 aliphatic carbocycles. The molecule has 3 nitrogen and oxygen atoms in total. The smallest absolute Gasteiger partial charge is 0.100 e. The Kier molecular flexibility index (Phi) is 8.70. The Labute approximate surface area is 299 Å². The highest BCUT2D eigenvalue weighted by Gasteiger charge is 2.72. The number of allylic oxidation sites excluding steroid dienone is 4. The molecule has 2 aliphatic heterocycles. The van der Waals surface area contributed by atoms with Crippen LogP contribution in [0.3, 0.4) is 0 Å². The van der Waals surface area contributed by atoms with E-state index in [0.717, 1.165) is 47.3 Å². The van der Waals surface area contributed by atoms with E-state index in [9.17, 15) is 0 Å². The Morgan fingerprint density at radius 3 is 2.33 bits per heavy atom. The number of nitrogens with zero attached hydrogens (tertiary/aromatic N) is 1. The summed E-state index contributed by atoms with van der Waals surface area (Å²) in [4.78, 5) is 5.73. The summed E-state index contributed by atoms with van der Waals surface area (Å²) in [6.45, 7) is 2.79. The number of fused-ring (bicyclic) bond motifs is 10. The molecule has 3 heteroatoms. The van der Waals surface area contributed by atoms with Crippen molar-refractivity contribution < 1.29 is 4.74 Å². The highest BCUT2D eigenvalue weighted by atomic mass is 16.5. The summed E-state index contributed by atoms with van der Waals surface area (Å²) in [6, 6.07) is 1.32. The molecule has 6 saturated carbocycles. The summed E-state index contributed by atoms with van der Waals surface area (Å²) in [6.07, 6.45) is 44.7. The van der Waals surface area contributed by atoms with Gasteiger partial charge in [0.2, 0.25) is 0 Å². The fourth-order valence-corrected chi connectivity index (χ4v) is 16.3. The zero-order chi connectivity index (χ0) is 32.6. The van der Waals surface area contributed by atoms with Gasteiger partial charge in [-0.25, -0.2) is 0 Å². The molecule has 1 N–H and O–H groups in total. The SMILES string of the molecule is CC12CCC=CC1C1(C3CCCCC3OC3CCC(C4=CCC(C5=N[C@H](C6CCCCC6)C6CCCCC6N5)CC4)CC31)C1CCCCC12. The van der Waals surface area contributed by atoms with E-state index in [0.29, 0.717) is 41.0 Å². The van der Waals surface area contributed by atoms with Crippen molar-refractivity contribution >= 4 is 5.84 Å². The van der Waals surface area contributed by atoms with Gasteiger partial charge in [0.05, 0.1) is 18.2 Å². The fraction of sp³-hybridized carbons (Fsp3) is 0.891. The average molecular weight is 667 g/mol. The van der Waals surface area contributed by atoms with Gasteiger partial charge >= 0.3 is 0 Å². The van der Waals surface area contributed by atoms with Crippen molar-refractivity contribution in [1.29, 1.82) is 0 Å². The number of hydrogen-bond donors (Lipinski definition) is 1. The number of nitrogens with one attached hydrogen (secondary N) is 1. The van der Waals surface area contributed by atoms with Crippen LogP contribution in [0, 0.1) is 64.1 Å². The Balaban J connectivity index is 0.927. The maximum absolute atomic E-state index is 7.34. The van der Waals surface area contributed by atoms with E-state index in [2.05, 4.69) is 30.5 Å². The van der Waals surface area contributed by atoms with Crippen molar-refractivity contribution in [3.8, 4) is 0 Å². The van der Waals surface area contributed by atoms with Gasteiger partial charge in [-0.15, -0.1) is 0 Å². The molecular formula is C46H70N2O. The van der Waals surface area contributed by atoms with Crippen molar-refractivity contribution in [2.24, 2.45) is 69.1 Å². The van der Waals surface area contributed by atoms with Crippen LogP contribution < -0.4 is 5.32 Å². The van der Waals surface area contributed by atoms with Crippen LogP contribution in [0.1, 0.15) is 167 Å². The fourth-order valence-electron chi connectivity index (χ4n) is 16.3. The van der Waals surface area contributed by atoms with Crippen LogP contribution in [0.25, 0.3) is 0 Å². The monoisotopic (exact) mass is 667 g/mol. The zero-order valence-electron chi connectivity index (χ0n) is 31.3. The lowest BCUT2D eigenvalue weighted by Crippen LogP contribution is -2.62. The van der Waals surface area contributed by atoms with Crippen molar-refractivity contribution in [3.05, 3.63) is 23.8 Å². The standard InChI is InChI=1S/C46H70N2O/c1-45-28-12-11-21-42(45)46(36-17-7-6-16-35(36)45)37-18-8-10-20-40(37)49-41-27-26-33(29-38(41)46)30-22-24-32(25-23-30)44-47-39-19-9-5-15-34(39)43(48-44)31-13-3-2-4-14-31/h11,21-22,31-43H,2-10,12-20,23-29H2,1H3,(H,47,48)/t32?,33?,34?,35?,36?,37?,38?,39?,40?,41?,42?,43-,45?,46?/m1/s1. The largest absolute Gasteiger partial charge is 0.374 e. The third-order valence-electron chi connectivity index (χ3n) is 18.2. The van der Waals surface area contributed by atoms with Crippen molar-refractivity contribution in [2.45, 2.75) is 192 Å². The highest BCUT2D eigenvalue weighted by molar-refractivity contribution is 5.86. The molecule has 1 spiro atoms. The van der Waals surface area contributed by atoms with Crippen LogP contribution in [0.4, 0.5) is 0 Å². The number of rotatable bonds is 3. The third-order valence-corrected chi connectivity index (χ3v) is 18.2. The number of hydrogen-bond acceptors (Lipinski definition) is 3. The van der Waals surface area contributed by atoms with E-state index in [1.54, 1.807) is 0 Å². The van der Waals surface area contributed by atoms with Crippen LogP contribution in [-0.4, -0.2) is 30.1 Å². The Bertz CT molecular complexity index is 1310. The lowest BCUT2D eigenvalue weighted by atomic mass is 9.45. The molecule has 0 aromatic heterocycles. The molecule has 0 radical (unpaired) electrons. The Morgan fingerprint density at radius 2 is 1.47 bits per heavy atom. The summed E-state index contributed by atoms with van der Waals surface area (Å²) >= 11 is 0. The Hall–Kier alpha value is -1.09. The minimum atomic E-state index is 0.493. The minimum Gasteiger partial charge on any atom is -0.374 e. The van der Waals surface area contributed by atoms with Gasteiger partial charge in [-0.3, -0.25) is 4.99 Å². The van der Waals surface area contributed by atoms with Crippen LogP contribution in [0.2, 0.25) is 0 Å². The van der Waals surface area contributed by atoms with E-state index in [1.165, 1.54) is 166 Å². The van der Waals surface area contributed by atoms with Gasteiger partial charge in [0, 0.05) is 17.9 Å². The molecule has 10 rings (SSSR count). The molecule has 7 fully saturated rings. The second-order valence-electron chi connectivity index (χ2n) is 20.0. The summed E-state index contributed by atoms with van der Waals surface area (Å²) in [5, 5.41) is 4.14. The molecule has 270 valence electrons. The van der Waals surface area contributed by atoms with Crippen molar-refractivity contribution in [1.82, 2.24) is 5.32 Å². The predicted octanol–water partition coefficient (Wildman–Crippen LogP) is 11.4. The molecule has 49 heavy (non-hydrogen) atoms. The first kappa shape index (κ1) is 32.6. The summed E-state index contributed by atoms with van der Waals surface area (Å²) in [5.41, 5.74) is 2.87. The Morgan fingerprint density at radius 1 is 0.714 bits per heavy atom. The van der Waals surface area contributed by atoms with E-state index in [1.807, 2.05) is 5.57 Å². The van der Waals surface area contributed by atoms with Gasteiger partial charge in [0.25, 0.3) is 0 Å². The first-order valence-corrected chi connectivity index (χ1v) is 22.5. The maximum atomic E-state index is 7.34. The topological polar surface area (TPSA) is 33.6 Å². The van der Waals surface area contributed by atoms with Gasteiger partial charge in [-0.05, 0) is 155 Å². The van der Waals surface area contributed by atoms with Gasteiger partial charge in [-0.2, -0.15) is 0 Å². The first-order valence-electron chi connectivity index (χ1n) is 22.5. The third kappa shape index (κ3) is 5.20. The predicted molar refractivity (Wildman–Crippen MR) is 201 cm³/mol. The first-order chi connectivity index (χ1) is 24.1. The molecule has 13 unspecified atom stereocenters. The second-order valence-corrected chi connectivity index (χ2v) is 20.0. The van der Waals surface area contributed by atoms with Crippen LogP contribution in [0.5, 0.6) is 0 Å². The molecule has 0 aromatic carbocycles. The van der Waals surface area contributed by atoms with Gasteiger partial charge < -0.3 is 10.1 Å². The molecule has 2 heterocycles. The summed E-state index contributed by atoms with van der Waals surface area (Å²) in [5.74, 6) is 8.81. The quantitative estimate of drug-likeness (QED) is 0.304. The molecular weight excluding hydrogens is 597 g/mol. The second kappa shape index (κ2) is 13.1. The lowest BCUT2D eigenvalue weighted by Gasteiger charge is -2.63. The van der Waals surface area contributed by atoms with E-state index < -0.39 is 0 Å². The zero-order valence-corrected chi connectivity index (χ0v) is 31.3. The van der Waals surface area contributed by atoms with Crippen LogP contribution in [-0.2, 0) is 4.74 Å². The normalized spacial score (nSPS) is 51.3. The van der Waals surface area contributed by atoms with Gasteiger partial charge in [-0.1, -0.05) is 88.5 Å². The van der Waals surface area contributed by atoms with E-state index in [4.69, 9.17) is 9.73 Å². The minimum absolute atomic E-state index is 0.493. The molecule has 0 amide bonds. The molecule has 1 saturated heterocycles. The molecule has 10 aliphatic rings. The maximum Gasteiger partial charge on any atom is 0.100 e. The van der Waals surface area contributed by atoms with E-state index in [-0.39, 0.29) is 0 Å². The average Bonchev–Trinajstić information content (AvgIpc) is 3.40. The molecule has 0 bridgehead atoms. The van der Waals surface area contributed by atoms with Gasteiger partial charge in [0.15, 0.2) is 0 Å². The molecule has 0 aromatic rings. The number of ether oxygens (including phenoxy) is 1.